The van der Waals surface area contributed by atoms with E-state index in [2.05, 4.69) is 26.4 Å². The molecule has 0 saturated carbocycles. The highest BCUT2D eigenvalue weighted by Crippen LogP contribution is 2.13. The maximum Gasteiger partial charge on any atom is 0.275 e. The van der Waals surface area contributed by atoms with Gasteiger partial charge in [0.05, 0.1) is 11.6 Å². The third kappa shape index (κ3) is 4.26. The van der Waals surface area contributed by atoms with E-state index in [0.29, 0.717) is 5.39 Å². The number of pyridine rings is 1. The molecule has 1 aliphatic rings. The molecule has 3 heterocycles. The molecule has 1 amide bonds. The fourth-order valence-electron chi connectivity index (χ4n) is 3.72. The van der Waals surface area contributed by atoms with E-state index in [4.69, 9.17) is 0 Å². The van der Waals surface area contributed by atoms with Gasteiger partial charge in [-0.15, -0.1) is 0 Å². The molecule has 1 aromatic carbocycles. The van der Waals surface area contributed by atoms with Crippen LogP contribution in [0.4, 0.5) is 0 Å². The largest absolute Gasteiger partial charge is 0.350 e. The molecule has 0 aliphatic carbocycles. The van der Waals surface area contributed by atoms with Crippen molar-refractivity contribution in [2.45, 2.75) is 32.0 Å². The van der Waals surface area contributed by atoms with E-state index >= 15 is 0 Å². The second-order valence-electron chi connectivity index (χ2n) is 7.20. The fraction of sp³-hybridized carbons (Fsp3) is 0.333. The minimum atomic E-state index is -0.241. The zero-order valence-corrected chi connectivity index (χ0v) is 15.6. The average Bonchev–Trinajstić information content (AvgIpc) is 2.71. The second-order valence-corrected chi connectivity index (χ2v) is 7.20. The van der Waals surface area contributed by atoms with Gasteiger partial charge in [-0.05, 0) is 37.1 Å². The Balaban J connectivity index is 1.37. The summed E-state index contributed by atoms with van der Waals surface area (Å²) in [5.41, 5.74) is 0.927. The van der Waals surface area contributed by atoms with Crippen molar-refractivity contribution in [1.29, 1.82) is 0 Å². The van der Waals surface area contributed by atoms with Crippen LogP contribution in [-0.2, 0) is 17.9 Å². The number of carbonyl (C=O) groups excluding carboxylic acids is 1. The van der Waals surface area contributed by atoms with Crippen molar-refractivity contribution in [2.75, 3.05) is 13.1 Å². The molecule has 1 atom stereocenters. The third-order valence-electron chi connectivity index (χ3n) is 5.05. The number of piperidine rings is 1. The summed E-state index contributed by atoms with van der Waals surface area (Å²) in [6.45, 7) is 2.56. The van der Waals surface area contributed by atoms with Crippen LogP contribution in [0.25, 0.3) is 10.8 Å². The summed E-state index contributed by atoms with van der Waals surface area (Å²) in [6, 6.07) is 11.3. The van der Waals surface area contributed by atoms with Gasteiger partial charge in [0.1, 0.15) is 6.54 Å². The first kappa shape index (κ1) is 18.3. The van der Waals surface area contributed by atoms with Crippen molar-refractivity contribution in [1.82, 2.24) is 25.0 Å². The number of likely N-dealkylation sites (tertiary alicyclic amines) is 1. The molecule has 1 fully saturated rings. The number of carbonyl (C=O) groups is 1. The minimum Gasteiger partial charge on any atom is -0.350 e. The summed E-state index contributed by atoms with van der Waals surface area (Å²) in [7, 11) is 0. The lowest BCUT2D eigenvalue weighted by atomic mass is 10.0. The molecule has 2 aromatic heterocycles. The SMILES string of the molecule is O=C(Cn1ncc2ccccc2c1=O)N[C@H]1CCCN(Cc2cccnc2)C1. The van der Waals surface area contributed by atoms with E-state index in [-0.39, 0.29) is 24.1 Å². The second kappa shape index (κ2) is 8.31. The van der Waals surface area contributed by atoms with Crippen molar-refractivity contribution < 1.29 is 4.79 Å². The molecule has 3 aromatic rings. The number of benzene rings is 1. The molecule has 1 aliphatic heterocycles. The van der Waals surface area contributed by atoms with Gasteiger partial charge in [-0.25, -0.2) is 4.68 Å². The van der Waals surface area contributed by atoms with Crippen LogP contribution in [0.1, 0.15) is 18.4 Å². The number of fused-ring (bicyclic) bond motifs is 1. The van der Waals surface area contributed by atoms with E-state index < -0.39 is 0 Å². The van der Waals surface area contributed by atoms with Gasteiger partial charge in [0.15, 0.2) is 0 Å². The molecule has 7 nitrogen and oxygen atoms in total. The Hall–Kier alpha value is -3.06. The molecule has 4 rings (SSSR count). The van der Waals surface area contributed by atoms with Gasteiger partial charge in [-0.3, -0.25) is 19.5 Å². The first-order valence-corrected chi connectivity index (χ1v) is 9.54. The summed E-state index contributed by atoms with van der Waals surface area (Å²) in [5.74, 6) is -0.182. The molecule has 0 unspecified atom stereocenters. The van der Waals surface area contributed by atoms with Crippen molar-refractivity contribution in [3.63, 3.8) is 0 Å². The summed E-state index contributed by atoms with van der Waals surface area (Å²) in [4.78, 5) is 31.5. The van der Waals surface area contributed by atoms with Gasteiger partial charge < -0.3 is 5.32 Å². The van der Waals surface area contributed by atoms with Crippen LogP contribution in [0.5, 0.6) is 0 Å². The highest BCUT2D eigenvalue weighted by molar-refractivity contribution is 5.81. The van der Waals surface area contributed by atoms with Crippen molar-refractivity contribution in [3.05, 3.63) is 70.9 Å². The van der Waals surface area contributed by atoms with Crippen LogP contribution < -0.4 is 10.9 Å². The number of aromatic nitrogens is 3. The summed E-state index contributed by atoms with van der Waals surface area (Å²) in [6.07, 6.45) is 7.24. The monoisotopic (exact) mass is 377 g/mol. The molecule has 0 radical (unpaired) electrons. The van der Waals surface area contributed by atoms with E-state index in [1.54, 1.807) is 18.5 Å². The van der Waals surface area contributed by atoms with E-state index in [0.717, 1.165) is 37.9 Å². The maximum absolute atomic E-state index is 12.5. The number of hydrogen-bond donors (Lipinski definition) is 1. The lowest BCUT2D eigenvalue weighted by Crippen LogP contribution is -2.48. The molecular weight excluding hydrogens is 354 g/mol. The Morgan fingerprint density at radius 1 is 1.18 bits per heavy atom. The zero-order valence-electron chi connectivity index (χ0n) is 15.6. The van der Waals surface area contributed by atoms with Crippen LogP contribution in [0.3, 0.4) is 0 Å². The highest BCUT2D eigenvalue weighted by atomic mass is 16.2. The van der Waals surface area contributed by atoms with Crippen LogP contribution in [0.2, 0.25) is 0 Å². The fourth-order valence-corrected chi connectivity index (χ4v) is 3.72. The number of hydrogen-bond acceptors (Lipinski definition) is 5. The van der Waals surface area contributed by atoms with E-state index in [1.807, 2.05) is 30.5 Å². The summed E-state index contributed by atoms with van der Waals surface area (Å²) >= 11 is 0. The van der Waals surface area contributed by atoms with Gasteiger partial charge in [-0.2, -0.15) is 5.10 Å². The Kier molecular flexibility index (Phi) is 5.43. The third-order valence-corrected chi connectivity index (χ3v) is 5.05. The number of nitrogens with zero attached hydrogens (tertiary/aromatic N) is 4. The van der Waals surface area contributed by atoms with Crippen LogP contribution in [0, 0.1) is 0 Å². The van der Waals surface area contributed by atoms with Gasteiger partial charge in [0.25, 0.3) is 5.56 Å². The van der Waals surface area contributed by atoms with E-state index in [1.165, 1.54) is 10.2 Å². The van der Waals surface area contributed by atoms with Gasteiger partial charge in [0, 0.05) is 36.9 Å². The molecule has 144 valence electrons. The first-order chi connectivity index (χ1) is 13.7. The van der Waals surface area contributed by atoms with Crippen LogP contribution in [-0.4, -0.2) is 44.7 Å². The van der Waals surface area contributed by atoms with Crippen molar-refractivity contribution >= 4 is 16.7 Å². The predicted molar refractivity (Wildman–Crippen MR) is 107 cm³/mol. The normalized spacial score (nSPS) is 17.5. The van der Waals surface area contributed by atoms with Crippen LogP contribution in [0.15, 0.2) is 59.8 Å². The number of nitrogens with one attached hydrogen (secondary N) is 1. The van der Waals surface area contributed by atoms with Crippen LogP contribution >= 0.6 is 0 Å². The molecule has 0 bridgehead atoms. The summed E-state index contributed by atoms with van der Waals surface area (Å²) < 4.78 is 1.23. The van der Waals surface area contributed by atoms with Gasteiger partial charge in [-0.1, -0.05) is 24.3 Å². The zero-order chi connectivity index (χ0) is 19.3. The first-order valence-electron chi connectivity index (χ1n) is 9.54. The molecule has 1 N–H and O–H groups in total. The lowest BCUT2D eigenvalue weighted by Gasteiger charge is -2.33. The Morgan fingerprint density at radius 3 is 2.93 bits per heavy atom. The lowest BCUT2D eigenvalue weighted by molar-refractivity contribution is -0.123. The quantitative estimate of drug-likeness (QED) is 0.730. The molecule has 0 spiro atoms. The number of amides is 1. The Morgan fingerprint density at radius 2 is 2.07 bits per heavy atom. The smallest absolute Gasteiger partial charge is 0.275 e. The Bertz CT molecular complexity index is 1020. The molecule has 1 saturated heterocycles. The van der Waals surface area contributed by atoms with Crippen molar-refractivity contribution in [2.24, 2.45) is 0 Å². The van der Waals surface area contributed by atoms with Gasteiger partial charge in [0.2, 0.25) is 5.91 Å². The highest BCUT2D eigenvalue weighted by Gasteiger charge is 2.22. The molecule has 28 heavy (non-hydrogen) atoms. The molecule has 7 heteroatoms. The summed E-state index contributed by atoms with van der Waals surface area (Å²) in [5, 5.41) is 8.55. The van der Waals surface area contributed by atoms with E-state index in [9.17, 15) is 9.59 Å². The minimum absolute atomic E-state index is 0.0667. The number of rotatable bonds is 5. The average molecular weight is 377 g/mol. The topological polar surface area (TPSA) is 80.1 Å². The predicted octanol–water partition coefficient (Wildman–Crippen LogP) is 1.57. The van der Waals surface area contributed by atoms with Gasteiger partial charge >= 0.3 is 0 Å². The Labute approximate surface area is 163 Å². The maximum atomic E-state index is 12.5. The van der Waals surface area contributed by atoms with Crippen molar-refractivity contribution in [3.8, 4) is 0 Å². The standard InChI is InChI=1S/C21H23N5O2/c27-20(15-26-21(28)19-8-2-1-6-17(19)12-23-26)24-18-7-4-10-25(14-18)13-16-5-3-9-22-11-16/h1-3,5-6,8-9,11-12,18H,4,7,10,13-15H2,(H,24,27)/t18-/m0/s1. The molecular formula is C21H23N5O2.